The first kappa shape index (κ1) is 19.8. The molecule has 0 spiro atoms. The second-order valence-corrected chi connectivity index (χ2v) is 7.91. The Morgan fingerprint density at radius 1 is 0.933 bits per heavy atom. The lowest BCUT2D eigenvalue weighted by atomic mass is 10.2. The van der Waals surface area contributed by atoms with E-state index < -0.39 is 5.25 Å². The van der Waals surface area contributed by atoms with Gasteiger partial charge in [0, 0.05) is 16.9 Å². The number of aromatic nitrogens is 3. The van der Waals surface area contributed by atoms with Crippen LogP contribution in [0.1, 0.15) is 6.92 Å². The zero-order valence-electron chi connectivity index (χ0n) is 16.2. The van der Waals surface area contributed by atoms with Crippen LogP contribution in [-0.2, 0) is 4.79 Å². The van der Waals surface area contributed by atoms with Crippen LogP contribution in [0.4, 0.5) is 10.1 Å². The van der Waals surface area contributed by atoms with E-state index in [2.05, 4.69) is 15.5 Å². The normalized spacial score (nSPS) is 11.8. The van der Waals surface area contributed by atoms with Gasteiger partial charge in [-0.2, -0.15) is 0 Å². The van der Waals surface area contributed by atoms with Gasteiger partial charge in [0.1, 0.15) is 5.82 Å². The number of amides is 1. The Bertz CT molecular complexity index is 1130. The molecular formula is C23H19FN4OS. The van der Waals surface area contributed by atoms with Gasteiger partial charge in [-0.3, -0.25) is 9.36 Å². The number of nitrogens with zero attached hydrogens (tertiary/aromatic N) is 3. The molecule has 0 aliphatic heterocycles. The monoisotopic (exact) mass is 418 g/mol. The Balaban J connectivity index is 1.64. The number of para-hydroxylation sites is 2. The van der Waals surface area contributed by atoms with Crippen molar-refractivity contribution >= 4 is 23.4 Å². The first-order chi connectivity index (χ1) is 14.6. The SMILES string of the molecule is CC(Sc1nnc(-c2ccc(F)cc2)n1-c1ccccc1)C(=O)Nc1ccccc1. The minimum absolute atomic E-state index is 0.128. The van der Waals surface area contributed by atoms with Gasteiger partial charge in [-0.05, 0) is 55.5 Å². The third-order valence-corrected chi connectivity index (χ3v) is 5.49. The second-order valence-electron chi connectivity index (χ2n) is 6.60. The van der Waals surface area contributed by atoms with Crippen LogP contribution in [0.2, 0.25) is 0 Å². The zero-order valence-corrected chi connectivity index (χ0v) is 17.0. The van der Waals surface area contributed by atoms with E-state index in [-0.39, 0.29) is 11.7 Å². The predicted octanol–water partition coefficient (Wildman–Crippen LogP) is 5.19. The molecule has 4 aromatic rings. The van der Waals surface area contributed by atoms with Crippen LogP contribution in [-0.4, -0.2) is 25.9 Å². The molecule has 30 heavy (non-hydrogen) atoms. The maximum atomic E-state index is 13.4. The van der Waals surface area contributed by atoms with Crippen LogP contribution >= 0.6 is 11.8 Å². The van der Waals surface area contributed by atoms with Crippen molar-refractivity contribution in [2.75, 3.05) is 5.32 Å². The third-order valence-electron chi connectivity index (χ3n) is 4.44. The molecule has 7 heteroatoms. The number of carbonyl (C=O) groups excluding carboxylic acids is 1. The highest BCUT2D eigenvalue weighted by atomic mass is 32.2. The fraction of sp³-hybridized carbons (Fsp3) is 0.0870. The molecule has 0 saturated carbocycles. The Labute approximate surface area is 178 Å². The Hall–Kier alpha value is -3.45. The number of hydrogen-bond donors (Lipinski definition) is 1. The summed E-state index contributed by atoms with van der Waals surface area (Å²) in [6, 6.07) is 25.1. The lowest BCUT2D eigenvalue weighted by molar-refractivity contribution is -0.115. The fourth-order valence-corrected chi connectivity index (χ4v) is 3.79. The van der Waals surface area contributed by atoms with Gasteiger partial charge in [0.2, 0.25) is 5.91 Å². The van der Waals surface area contributed by atoms with Gasteiger partial charge in [0.05, 0.1) is 5.25 Å². The molecule has 0 fully saturated rings. The fourth-order valence-electron chi connectivity index (χ4n) is 2.92. The highest BCUT2D eigenvalue weighted by Gasteiger charge is 2.22. The molecule has 0 aliphatic rings. The van der Waals surface area contributed by atoms with Crippen molar-refractivity contribution in [3.05, 3.63) is 90.7 Å². The molecule has 150 valence electrons. The summed E-state index contributed by atoms with van der Waals surface area (Å²) in [4.78, 5) is 12.6. The van der Waals surface area contributed by atoms with Crippen LogP contribution in [0.5, 0.6) is 0 Å². The van der Waals surface area contributed by atoms with E-state index in [4.69, 9.17) is 0 Å². The first-order valence-electron chi connectivity index (χ1n) is 9.41. The quantitative estimate of drug-likeness (QED) is 0.438. The van der Waals surface area contributed by atoms with Crippen molar-refractivity contribution in [1.29, 1.82) is 0 Å². The maximum absolute atomic E-state index is 13.4. The van der Waals surface area contributed by atoms with Gasteiger partial charge in [-0.25, -0.2) is 4.39 Å². The summed E-state index contributed by atoms with van der Waals surface area (Å²) in [5, 5.41) is 11.7. The molecule has 0 aliphatic carbocycles. The van der Waals surface area contributed by atoms with Crippen LogP contribution in [0.25, 0.3) is 17.1 Å². The number of halogens is 1. The van der Waals surface area contributed by atoms with Gasteiger partial charge in [0.15, 0.2) is 11.0 Å². The summed E-state index contributed by atoms with van der Waals surface area (Å²) in [6.07, 6.45) is 0. The van der Waals surface area contributed by atoms with Gasteiger partial charge in [0.25, 0.3) is 0 Å². The van der Waals surface area contributed by atoms with Crippen molar-refractivity contribution in [3.8, 4) is 17.1 Å². The summed E-state index contributed by atoms with van der Waals surface area (Å²) in [5.74, 6) is 0.141. The average Bonchev–Trinajstić information content (AvgIpc) is 3.19. The number of hydrogen-bond acceptors (Lipinski definition) is 4. The average molecular weight is 418 g/mol. The number of anilines is 1. The number of rotatable bonds is 6. The van der Waals surface area contributed by atoms with E-state index in [0.29, 0.717) is 11.0 Å². The van der Waals surface area contributed by atoms with Crippen LogP contribution in [0.15, 0.2) is 90.1 Å². The molecular weight excluding hydrogens is 399 g/mol. The van der Waals surface area contributed by atoms with Gasteiger partial charge >= 0.3 is 0 Å². The molecule has 1 aromatic heterocycles. The molecule has 0 bridgehead atoms. The number of thioether (sulfide) groups is 1. The van der Waals surface area contributed by atoms with E-state index in [1.54, 1.807) is 12.1 Å². The van der Waals surface area contributed by atoms with Crippen molar-refractivity contribution in [1.82, 2.24) is 14.8 Å². The smallest absolute Gasteiger partial charge is 0.237 e. The highest BCUT2D eigenvalue weighted by Crippen LogP contribution is 2.30. The van der Waals surface area contributed by atoms with Crippen molar-refractivity contribution in [2.24, 2.45) is 0 Å². The molecule has 1 N–H and O–H groups in total. The molecule has 1 unspecified atom stereocenters. The van der Waals surface area contributed by atoms with Gasteiger partial charge in [-0.1, -0.05) is 48.2 Å². The zero-order chi connectivity index (χ0) is 20.9. The van der Waals surface area contributed by atoms with Crippen molar-refractivity contribution < 1.29 is 9.18 Å². The molecule has 1 amide bonds. The summed E-state index contributed by atoms with van der Waals surface area (Å²) in [5.41, 5.74) is 2.34. The van der Waals surface area contributed by atoms with E-state index in [1.807, 2.05) is 72.2 Å². The lowest BCUT2D eigenvalue weighted by Crippen LogP contribution is -2.22. The standard InChI is InChI=1S/C23H19FN4OS/c1-16(22(29)25-19-8-4-2-5-9-19)30-23-27-26-21(17-12-14-18(24)15-13-17)28(23)20-10-6-3-7-11-20/h2-16H,1H3,(H,25,29). The topological polar surface area (TPSA) is 59.8 Å². The predicted molar refractivity (Wildman–Crippen MR) is 117 cm³/mol. The Morgan fingerprint density at radius 3 is 2.23 bits per heavy atom. The maximum Gasteiger partial charge on any atom is 0.237 e. The first-order valence-corrected chi connectivity index (χ1v) is 10.3. The summed E-state index contributed by atoms with van der Waals surface area (Å²) < 4.78 is 15.3. The van der Waals surface area contributed by atoms with E-state index in [1.165, 1.54) is 23.9 Å². The summed E-state index contributed by atoms with van der Waals surface area (Å²) >= 11 is 1.31. The Morgan fingerprint density at radius 2 is 1.57 bits per heavy atom. The molecule has 0 radical (unpaired) electrons. The minimum atomic E-state index is -0.405. The molecule has 1 heterocycles. The second kappa shape index (κ2) is 8.92. The summed E-state index contributed by atoms with van der Waals surface area (Å²) in [7, 11) is 0. The van der Waals surface area contributed by atoms with Crippen molar-refractivity contribution in [2.45, 2.75) is 17.3 Å². The number of benzene rings is 3. The van der Waals surface area contributed by atoms with Crippen LogP contribution in [0.3, 0.4) is 0 Å². The minimum Gasteiger partial charge on any atom is -0.325 e. The van der Waals surface area contributed by atoms with Crippen molar-refractivity contribution in [3.63, 3.8) is 0 Å². The Kier molecular flexibility index (Phi) is 5.90. The number of carbonyl (C=O) groups is 1. The lowest BCUT2D eigenvalue weighted by Gasteiger charge is -2.14. The molecule has 3 aromatic carbocycles. The van der Waals surface area contributed by atoms with E-state index in [0.717, 1.165) is 16.9 Å². The number of nitrogens with one attached hydrogen (secondary N) is 1. The van der Waals surface area contributed by atoms with E-state index >= 15 is 0 Å². The molecule has 1 atom stereocenters. The third kappa shape index (κ3) is 4.41. The largest absolute Gasteiger partial charge is 0.325 e. The van der Waals surface area contributed by atoms with Gasteiger partial charge < -0.3 is 5.32 Å². The van der Waals surface area contributed by atoms with Crippen LogP contribution < -0.4 is 5.32 Å². The molecule has 5 nitrogen and oxygen atoms in total. The molecule has 4 rings (SSSR count). The molecule has 0 saturated heterocycles. The van der Waals surface area contributed by atoms with Crippen LogP contribution in [0, 0.1) is 5.82 Å². The highest BCUT2D eigenvalue weighted by molar-refractivity contribution is 8.00. The van der Waals surface area contributed by atoms with Gasteiger partial charge in [-0.15, -0.1) is 10.2 Å². The summed E-state index contributed by atoms with van der Waals surface area (Å²) in [6.45, 7) is 1.82. The van der Waals surface area contributed by atoms with E-state index in [9.17, 15) is 9.18 Å².